The fraction of sp³-hybridized carbons (Fsp3) is 0.250. The number of nitrogens with zero attached hydrogens (tertiary/aromatic N) is 3. The second-order valence-corrected chi connectivity index (χ2v) is 2.67. The summed E-state index contributed by atoms with van der Waals surface area (Å²) in [6.45, 7) is 2.60. The first-order valence-corrected chi connectivity index (χ1v) is 3.72. The van der Waals surface area contributed by atoms with E-state index in [1.54, 1.807) is 12.5 Å². The van der Waals surface area contributed by atoms with E-state index in [2.05, 4.69) is 10.1 Å². The third-order valence-corrected chi connectivity index (χ3v) is 1.57. The van der Waals surface area contributed by atoms with Crippen LogP contribution in [0.2, 0.25) is 0 Å². The zero-order valence-corrected chi connectivity index (χ0v) is 6.77. The highest BCUT2D eigenvalue weighted by Crippen LogP contribution is 2.03. The van der Waals surface area contributed by atoms with Crippen LogP contribution in [-0.2, 0) is 6.54 Å². The van der Waals surface area contributed by atoms with E-state index in [9.17, 15) is 0 Å². The van der Waals surface area contributed by atoms with Gasteiger partial charge in [0.2, 0.25) is 0 Å². The molecule has 0 bridgehead atoms. The van der Waals surface area contributed by atoms with Gasteiger partial charge in [-0.15, -0.1) is 0 Å². The Morgan fingerprint density at radius 1 is 1.58 bits per heavy atom. The summed E-state index contributed by atoms with van der Waals surface area (Å²) in [5.74, 6) is 0.852. The Morgan fingerprint density at radius 3 is 3.08 bits per heavy atom. The van der Waals surface area contributed by atoms with Crippen LogP contribution in [-0.4, -0.2) is 14.7 Å². The van der Waals surface area contributed by atoms with E-state index in [1.165, 1.54) is 0 Å². The normalized spacial score (nSPS) is 10.4. The summed E-state index contributed by atoms with van der Waals surface area (Å²) in [5.41, 5.74) is 0.908. The van der Waals surface area contributed by atoms with Gasteiger partial charge in [-0.05, 0) is 6.92 Å². The third kappa shape index (κ3) is 1.37. The molecule has 0 N–H and O–H groups in total. The minimum atomic E-state index is 0.695. The lowest BCUT2D eigenvalue weighted by Gasteiger charge is -1.94. The molecule has 2 aromatic rings. The molecule has 4 nitrogen and oxygen atoms in total. The van der Waals surface area contributed by atoms with Crippen LogP contribution < -0.4 is 0 Å². The molecule has 4 heteroatoms. The summed E-state index contributed by atoms with van der Waals surface area (Å²) < 4.78 is 6.97. The maximum atomic E-state index is 5.04. The zero-order valence-electron chi connectivity index (χ0n) is 6.77. The molecule has 0 aromatic carbocycles. The van der Waals surface area contributed by atoms with E-state index >= 15 is 0 Å². The van der Waals surface area contributed by atoms with E-state index in [1.807, 2.05) is 23.8 Å². The molecular weight excluding hydrogens is 154 g/mol. The molecule has 62 valence electrons. The molecule has 12 heavy (non-hydrogen) atoms. The second-order valence-electron chi connectivity index (χ2n) is 2.67. The second kappa shape index (κ2) is 2.81. The van der Waals surface area contributed by atoms with Gasteiger partial charge in [-0.25, -0.2) is 4.98 Å². The maximum Gasteiger partial charge on any atom is 0.156 e. The molecule has 0 unspecified atom stereocenters. The highest BCUT2D eigenvalue weighted by molar-refractivity contribution is 5.03. The topological polar surface area (TPSA) is 43.9 Å². The molecule has 0 radical (unpaired) electrons. The molecule has 0 saturated carbocycles. The van der Waals surface area contributed by atoms with E-state index in [0.717, 1.165) is 11.5 Å². The lowest BCUT2D eigenvalue weighted by Crippen LogP contribution is -1.93. The molecule has 2 rings (SSSR count). The van der Waals surface area contributed by atoms with Crippen molar-refractivity contribution in [2.45, 2.75) is 13.5 Å². The smallest absolute Gasteiger partial charge is 0.156 e. The largest absolute Gasteiger partial charge is 0.359 e. The van der Waals surface area contributed by atoms with Gasteiger partial charge in [-0.1, -0.05) is 5.16 Å². The quantitative estimate of drug-likeness (QED) is 0.668. The van der Waals surface area contributed by atoms with Crippen LogP contribution >= 0.6 is 0 Å². The third-order valence-electron chi connectivity index (χ3n) is 1.57. The van der Waals surface area contributed by atoms with Crippen LogP contribution in [0.1, 0.15) is 11.5 Å². The highest BCUT2D eigenvalue weighted by Gasteiger charge is 1.99. The number of imidazole rings is 1. The van der Waals surface area contributed by atoms with Crippen molar-refractivity contribution in [2.24, 2.45) is 0 Å². The van der Waals surface area contributed by atoms with Gasteiger partial charge in [0.15, 0.2) is 5.76 Å². The van der Waals surface area contributed by atoms with Crippen LogP contribution in [0.15, 0.2) is 29.3 Å². The molecule has 0 amide bonds. The summed E-state index contributed by atoms with van der Waals surface area (Å²) in [6, 6.07) is 1.92. The van der Waals surface area contributed by atoms with Gasteiger partial charge in [0.05, 0.1) is 18.6 Å². The van der Waals surface area contributed by atoms with Gasteiger partial charge in [-0.3, -0.25) is 0 Å². The molecular formula is C8H9N3O. The van der Waals surface area contributed by atoms with Crippen LogP contribution in [0, 0.1) is 6.92 Å². The van der Waals surface area contributed by atoms with E-state index in [-0.39, 0.29) is 0 Å². The van der Waals surface area contributed by atoms with Crippen molar-refractivity contribution in [1.82, 2.24) is 14.7 Å². The average Bonchev–Trinajstić information content (AvgIpc) is 2.63. The Morgan fingerprint density at radius 2 is 2.50 bits per heavy atom. The number of aryl methyl sites for hydroxylation is 1. The Labute approximate surface area is 69.8 Å². The molecule has 0 atom stereocenters. The molecule has 0 aliphatic rings. The lowest BCUT2D eigenvalue weighted by molar-refractivity contribution is 0.373. The number of aromatic nitrogens is 3. The number of rotatable bonds is 2. The number of hydrogen-bond acceptors (Lipinski definition) is 3. The van der Waals surface area contributed by atoms with Crippen LogP contribution in [0.3, 0.4) is 0 Å². The Bertz CT molecular complexity index is 350. The minimum Gasteiger partial charge on any atom is -0.359 e. The summed E-state index contributed by atoms with van der Waals surface area (Å²) in [4.78, 5) is 3.93. The van der Waals surface area contributed by atoms with Crippen LogP contribution in [0.5, 0.6) is 0 Å². The standard InChI is InChI=1S/C8H9N3O/c1-7-4-8(12-10-7)5-11-3-2-9-6-11/h2-4,6H,5H2,1H3. The Kier molecular flexibility index (Phi) is 1.66. The van der Waals surface area contributed by atoms with Gasteiger partial charge < -0.3 is 9.09 Å². The fourth-order valence-corrected chi connectivity index (χ4v) is 1.05. The summed E-state index contributed by atoms with van der Waals surface area (Å²) in [6.07, 6.45) is 5.37. The summed E-state index contributed by atoms with van der Waals surface area (Å²) in [5, 5.41) is 3.79. The van der Waals surface area contributed by atoms with Crippen LogP contribution in [0.25, 0.3) is 0 Å². The first-order chi connectivity index (χ1) is 5.84. The number of hydrogen-bond donors (Lipinski definition) is 0. The van der Waals surface area contributed by atoms with E-state index in [4.69, 9.17) is 4.52 Å². The van der Waals surface area contributed by atoms with Crippen molar-refractivity contribution in [3.05, 3.63) is 36.2 Å². The first kappa shape index (κ1) is 7.09. The van der Waals surface area contributed by atoms with Gasteiger partial charge in [0.1, 0.15) is 0 Å². The average molecular weight is 163 g/mol. The van der Waals surface area contributed by atoms with Crippen molar-refractivity contribution in [1.29, 1.82) is 0 Å². The van der Waals surface area contributed by atoms with Crippen molar-refractivity contribution in [2.75, 3.05) is 0 Å². The maximum absolute atomic E-state index is 5.04. The predicted octanol–water partition coefficient (Wildman–Crippen LogP) is 1.23. The van der Waals surface area contributed by atoms with Gasteiger partial charge >= 0.3 is 0 Å². The molecule has 0 spiro atoms. The van der Waals surface area contributed by atoms with Gasteiger partial charge in [-0.2, -0.15) is 0 Å². The SMILES string of the molecule is Cc1cc(Cn2ccnc2)on1. The Hall–Kier alpha value is -1.58. The fourth-order valence-electron chi connectivity index (χ4n) is 1.05. The van der Waals surface area contributed by atoms with Crippen LogP contribution in [0.4, 0.5) is 0 Å². The van der Waals surface area contributed by atoms with Gasteiger partial charge in [0.25, 0.3) is 0 Å². The Balaban J connectivity index is 2.14. The predicted molar refractivity (Wildman–Crippen MR) is 42.6 cm³/mol. The lowest BCUT2D eigenvalue weighted by atomic mass is 10.4. The molecule has 2 aromatic heterocycles. The first-order valence-electron chi connectivity index (χ1n) is 3.72. The molecule has 2 heterocycles. The van der Waals surface area contributed by atoms with Crippen molar-refractivity contribution < 1.29 is 4.52 Å². The van der Waals surface area contributed by atoms with Gasteiger partial charge in [0, 0.05) is 18.5 Å². The molecule has 0 fully saturated rings. The summed E-state index contributed by atoms with van der Waals surface area (Å²) in [7, 11) is 0. The van der Waals surface area contributed by atoms with Crippen molar-refractivity contribution >= 4 is 0 Å². The van der Waals surface area contributed by atoms with E-state index in [0.29, 0.717) is 6.54 Å². The van der Waals surface area contributed by atoms with Crippen molar-refractivity contribution in [3.8, 4) is 0 Å². The van der Waals surface area contributed by atoms with E-state index < -0.39 is 0 Å². The molecule has 0 aliphatic heterocycles. The highest BCUT2D eigenvalue weighted by atomic mass is 16.5. The monoisotopic (exact) mass is 163 g/mol. The van der Waals surface area contributed by atoms with Crippen molar-refractivity contribution in [3.63, 3.8) is 0 Å². The molecule has 0 aliphatic carbocycles. The minimum absolute atomic E-state index is 0.695. The zero-order chi connectivity index (χ0) is 8.39. The summed E-state index contributed by atoms with van der Waals surface area (Å²) >= 11 is 0. The molecule has 0 saturated heterocycles.